The Morgan fingerprint density at radius 1 is 0.895 bits per heavy atom. The first kappa shape index (κ1) is 87.1. The number of carbonyl (C=O) groups is 7. The Morgan fingerprint density at radius 3 is 2.20 bits per heavy atom. The summed E-state index contributed by atoms with van der Waals surface area (Å²) in [6.45, 7) is 12.1. The van der Waals surface area contributed by atoms with Crippen LogP contribution in [-0.4, -0.2) is 312 Å². The zero-order valence-electron chi connectivity index (χ0n) is 61.9. The average molecular weight is 1510 g/mol. The number of rotatable bonds is 41. The fourth-order valence-corrected chi connectivity index (χ4v) is 14.4. The summed E-state index contributed by atoms with van der Waals surface area (Å²) >= 11 is 1.46. The number of hydrogen-bond donors (Lipinski definition) is 13. The van der Waals surface area contributed by atoms with Gasteiger partial charge in [-0.05, 0) is 49.6 Å². The molecule has 2 aromatic heterocycles. The number of benzene rings is 1. The Morgan fingerprint density at radius 2 is 1.59 bits per heavy atom. The summed E-state index contributed by atoms with van der Waals surface area (Å²) < 4.78 is 35.1. The molecule has 3 aliphatic rings. The first-order valence-corrected chi connectivity index (χ1v) is 36.2. The molecule has 5 heterocycles. The van der Waals surface area contributed by atoms with Crippen molar-refractivity contribution in [1.29, 1.82) is 0 Å². The molecule has 3 fully saturated rings. The number of nitrogens with zero attached hydrogens (tertiary/aromatic N) is 8. The molecule has 6 amide bonds. The highest BCUT2D eigenvalue weighted by atomic mass is 32.1. The monoisotopic (exact) mass is 1510 g/mol. The normalized spacial score (nSPS) is 25.6. The summed E-state index contributed by atoms with van der Waals surface area (Å²) in [5.74, 6) is -8.90. The summed E-state index contributed by atoms with van der Waals surface area (Å²) in [7, 11) is 7.36. The largest absolute Gasteiger partial charge is 0.477 e. The van der Waals surface area contributed by atoms with Crippen molar-refractivity contribution in [2.24, 2.45) is 28.8 Å². The number of oxime groups is 1. The number of aliphatic carboxylic acids is 1. The van der Waals surface area contributed by atoms with Crippen molar-refractivity contribution in [3.05, 3.63) is 64.4 Å². The van der Waals surface area contributed by atoms with Crippen LogP contribution >= 0.6 is 11.3 Å². The number of ether oxygens (including phenoxy) is 6. The van der Waals surface area contributed by atoms with Gasteiger partial charge in [0.1, 0.15) is 59.9 Å². The second kappa shape index (κ2) is 40.9. The van der Waals surface area contributed by atoms with Crippen molar-refractivity contribution in [1.82, 2.24) is 55.9 Å². The van der Waals surface area contributed by atoms with E-state index in [1.54, 1.807) is 64.8 Å². The van der Waals surface area contributed by atoms with Crippen molar-refractivity contribution in [3.8, 4) is 0 Å². The Bertz CT molecular complexity index is 3250. The third kappa shape index (κ3) is 23.3. The number of likely N-dealkylation sites (N-methyl/N-ethyl adjacent to an activating group) is 2. The van der Waals surface area contributed by atoms with E-state index in [1.165, 1.54) is 41.3 Å². The molecule has 35 nitrogen and oxygen atoms in total. The van der Waals surface area contributed by atoms with E-state index in [1.807, 2.05) is 49.6 Å². The second-order valence-corrected chi connectivity index (χ2v) is 28.9. The van der Waals surface area contributed by atoms with Crippen LogP contribution in [0.5, 0.6) is 0 Å². The van der Waals surface area contributed by atoms with Gasteiger partial charge in [0.05, 0.1) is 92.0 Å². The number of aromatic nitrogens is 4. The standard InChI is InChI=1S/C69H110N12O23S/c1-14-38(6)56(48(98-11)28-52(87)81-25-18-21-44(81)62(99-12)39(7)63(93)74-43(65-71-24-26-105-65)27-41-19-16-15-17-20-41)79(10)66(95)53(36(2)3)75-64(94)55(37(4)5)78(9)32-46(84)57(88)58(89)47(85)33-80-31-42(76-77-80)22-23-70-51(86)35-102-72-30-49-54(73-40(8)82)45(83)29-69(104-49,68(96)97)101-34-50-59(90)60(91)61(92)67(100-13)103-50/h15-17,19-20,24,26,30-31,36-39,43-50,53-62,67,83-85,88-92H,14,18,21-23,25,27-29,32-35H2,1-13H3,(H,70,86)(H,73,82)(H,74,93)(H,75,94)(H,96,97)/b72-30+. The summed E-state index contributed by atoms with van der Waals surface area (Å²) in [5.41, 5.74) is 1.35. The second-order valence-electron chi connectivity index (χ2n) is 27.9. The van der Waals surface area contributed by atoms with Gasteiger partial charge in [-0.3, -0.25) is 33.7 Å². The van der Waals surface area contributed by atoms with Gasteiger partial charge in [0.15, 0.2) is 12.9 Å². The molecule has 22 atom stereocenters. The first-order chi connectivity index (χ1) is 49.7. The number of aliphatic hydroxyl groups is 8. The fourth-order valence-electron chi connectivity index (χ4n) is 13.7. The summed E-state index contributed by atoms with van der Waals surface area (Å²) in [6.07, 6.45) is -14.3. The SMILES string of the molecule is CCC(C)C(C(CC(=O)N1CCCC1C(OC)C(C)C(=O)NC(Cc1ccccc1)c1nccs1)OC)N(C)C(=O)C(NC(=O)C(C(C)C)N(C)CC(O)C(O)C(O)C(O)Cn1cc(CCNC(=O)CO/N=C/C2OC(OCC3OC(OC)C(O)C(O)C3O)(C(=O)O)CC(O)C2NC(C)=O)nn1)C(C)C. The number of carboxylic acids is 1. The number of methoxy groups -OCH3 is 3. The number of thiazole rings is 1. The summed E-state index contributed by atoms with van der Waals surface area (Å²) in [5, 5.41) is 122. The predicted octanol–water partition coefficient (Wildman–Crippen LogP) is -2.14. The van der Waals surface area contributed by atoms with Crippen LogP contribution < -0.4 is 21.3 Å². The third-order valence-electron chi connectivity index (χ3n) is 19.6. The lowest BCUT2D eigenvalue weighted by Gasteiger charge is -2.45. The maximum atomic E-state index is 14.9. The van der Waals surface area contributed by atoms with E-state index in [4.69, 9.17) is 33.3 Å². The zero-order valence-corrected chi connectivity index (χ0v) is 62.7. The molecule has 0 saturated carbocycles. The molecule has 0 radical (unpaired) electrons. The number of nitrogens with one attached hydrogen (secondary N) is 4. The molecule has 36 heteroatoms. The maximum Gasteiger partial charge on any atom is 0.364 e. The van der Waals surface area contributed by atoms with E-state index in [9.17, 15) is 79.5 Å². The molecule has 0 aliphatic carbocycles. The number of hydrogen-bond acceptors (Lipinski definition) is 28. The van der Waals surface area contributed by atoms with Gasteiger partial charge in [0.25, 0.3) is 11.7 Å². The Balaban J connectivity index is 0.983. The van der Waals surface area contributed by atoms with Crippen molar-refractivity contribution >= 4 is 59.0 Å². The predicted molar refractivity (Wildman–Crippen MR) is 376 cm³/mol. The molecule has 1 aromatic carbocycles. The minimum atomic E-state index is -2.65. The third-order valence-corrected chi connectivity index (χ3v) is 20.5. The number of amides is 6. The van der Waals surface area contributed by atoms with Gasteiger partial charge in [-0.2, -0.15) is 0 Å². The number of aliphatic hydroxyl groups excluding tert-OH is 8. The molecule has 0 bridgehead atoms. The lowest BCUT2D eigenvalue weighted by atomic mass is 9.89. The lowest BCUT2D eigenvalue weighted by Crippen LogP contribution is -2.65. The van der Waals surface area contributed by atoms with E-state index < -0.39 is 189 Å². The quantitative estimate of drug-likeness (QED) is 0.0213. The topological polar surface area (TPSA) is 480 Å². The van der Waals surface area contributed by atoms with Gasteiger partial charge in [-0.15, -0.1) is 16.4 Å². The molecule has 22 unspecified atom stereocenters. The van der Waals surface area contributed by atoms with Crippen LogP contribution in [-0.2, 0) is 86.2 Å². The number of likely N-dealkylation sites (tertiary alicyclic amines) is 1. The minimum absolute atomic E-state index is 0.0250. The maximum absolute atomic E-state index is 14.9. The molecule has 3 aliphatic heterocycles. The van der Waals surface area contributed by atoms with E-state index in [2.05, 4.69) is 41.7 Å². The molecule has 105 heavy (non-hydrogen) atoms. The van der Waals surface area contributed by atoms with Crippen LogP contribution in [0.4, 0.5) is 0 Å². The molecular weight excluding hydrogens is 1400 g/mol. The van der Waals surface area contributed by atoms with Crippen LogP contribution in [0.25, 0.3) is 0 Å². The van der Waals surface area contributed by atoms with Crippen LogP contribution in [0.3, 0.4) is 0 Å². The molecule has 3 aromatic rings. The highest BCUT2D eigenvalue weighted by Gasteiger charge is 2.55. The zero-order chi connectivity index (χ0) is 77.7. The Kier molecular flexibility index (Phi) is 33.9. The fraction of sp³-hybridized carbons (Fsp3) is 0.725. The Labute approximate surface area is 615 Å². The first-order valence-electron chi connectivity index (χ1n) is 35.3. The van der Waals surface area contributed by atoms with Gasteiger partial charge in [0, 0.05) is 85.6 Å². The molecular formula is C69H110N12O23S. The van der Waals surface area contributed by atoms with Crippen LogP contribution in [0.1, 0.15) is 110 Å². The molecule has 0 spiro atoms. The highest BCUT2D eigenvalue weighted by molar-refractivity contribution is 7.09. The minimum Gasteiger partial charge on any atom is -0.477 e. The molecule has 6 rings (SSSR count). The molecule has 590 valence electrons. The highest BCUT2D eigenvalue weighted by Crippen LogP contribution is 2.35. The number of carboxylic acid groups (broad SMARTS) is 1. The number of carbonyl (C=O) groups excluding carboxylic acids is 6. The smallest absolute Gasteiger partial charge is 0.364 e. The average Bonchev–Trinajstić information content (AvgIpc) is 1.73. The van der Waals surface area contributed by atoms with Crippen molar-refractivity contribution in [3.63, 3.8) is 0 Å². The van der Waals surface area contributed by atoms with Gasteiger partial charge in [-0.1, -0.05) is 95.6 Å². The molecule has 3 saturated heterocycles. The summed E-state index contributed by atoms with van der Waals surface area (Å²) in [6, 6.07) is 5.00. The van der Waals surface area contributed by atoms with E-state index >= 15 is 0 Å². The Hall–Kier alpha value is -6.85. The van der Waals surface area contributed by atoms with E-state index in [-0.39, 0.29) is 49.7 Å². The van der Waals surface area contributed by atoms with Gasteiger partial charge < -0.3 is 110 Å². The summed E-state index contributed by atoms with van der Waals surface area (Å²) in [4.78, 5) is 110. The van der Waals surface area contributed by atoms with Gasteiger partial charge in [-0.25, -0.2) is 14.5 Å². The molecule has 13 N–H and O–H groups in total. The van der Waals surface area contributed by atoms with Crippen molar-refractivity contribution < 1.29 is 113 Å². The van der Waals surface area contributed by atoms with Crippen LogP contribution in [0.2, 0.25) is 0 Å². The van der Waals surface area contributed by atoms with E-state index in [0.717, 1.165) is 30.8 Å². The van der Waals surface area contributed by atoms with Crippen LogP contribution in [0.15, 0.2) is 53.3 Å². The van der Waals surface area contributed by atoms with Crippen molar-refractivity contribution in [2.75, 3.05) is 68.3 Å². The lowest BCUT2D eigenvalue weighted by molar-refractivity contribution is -0.324. The van der Waals surface area contributed by atoms with Gasteiger partial charge in [0.2, 0.25) is 29.5 Å². The van der Waals surface area contributed by atoms with Crippen LogP contribution in [0, 0.1) is 23.7 Å². The van der Waals surface area contributed by atoms with E-state index in [0.29, 0.717) is 37.9 Å². The van der Waals surface area contributed by atoms with Gasteiger partial charge >= 0.3 is 5.97 Å². The van der Waals surface area contributed by atoms with Crippen molar-refractivity contribution in [2.45, 2.75) is 228 Å².